The number of para-hydroxylation sites is 1. The molecule has 0 saturated heterocycles. The summed E-state index contributed by atoms with van der Waals surface area (Å²) in [5.74, 6) is 0.432. The molecule has 0 bridgehead atoms. The van der Waals surface area contributed by atoms with Crippen LogP contribution in [0.5, 0.6) is 5.75 Å². The van der Waals surface area contributed by atoms with Crippen LogP contribution in [0.3, 0.4) is 0 Å². The number of methoxy groups -OCH3 is 1. The molecule has 25 heavy (non-hydrogen) atoms. The highest BCUT2D eigenvalue weighted by atomic mass is 16.5. The van der Waals surface area contributed by atoms with Crippen LogP contribution in [0.4, 0.5) is 0 Å². The number of hydrogen-bond acceptors (Lipinski definition) is 3. The summed E-state index contributed by atoms with van der Waals surface area (Å²) < 4.78 is 7.10. The fourth-order valence-electron chi connectivity index (χ4n) is 2.70. The van der Waals surface area contributed by atoms with Gasteiger partial charge in [-0.3, -0.25) is 9.59 Å². The summed E-state index contributed by atoms with van der Waals surface area (Å²) in [7, 11) is 1.57. The first-order valence-electron chi connectivity index (χ1n) is 8.15. The van der Waals surface area contributed by atoms with Crippen LogP contribution in [0, 0.1) is 0 Å². The predicted molar refractivity (Wildman–Crippen MR) is 96.9 cm³/mol. The Morgan fingerprint density at radius 1 is 1.04 bits per heavy atom. The number of fused-ring (bicyclic) bond motifs is 1. The number of Topliss-reactive ketones (excluding diaryl/α,β-unsaturated/α-hetero) is 1. The Hall–Kier alpha value is -3.08. The van der Waals surface area contributed by atoms with Crippen LogP contribution in [0.1, 0.15) is 16.8 Å². The third-order valence-corrected chi connectivity index (χ3v) is 4.12. The first-order valence-corrected chi connectivity index (χ1v) is 8.15. The van der Waals surface area contributed by atoms with Gasteiger partial charge in [-0.1, -0.05) is 18.2 Å². The molecule has 1 N–H and O–H groups in total. The fourth-order valence-corrected chi connectivity index (χ4v) is 2.70. The highest BCUT2D eigenvalue weighted by Gasteiger charge is 2.09. The van der Waals surface area contributed by atoms with E-state index in [0.29, 0.717) is 24.3 Å². The molecule has 3 aromatic rings. The van der Waals surface area contributed by atoms with Crippen molar-refractivity contribution < 1.29 is 14.3 Å². The van der Waals surface area contributed by atoms with Gasteiger partial charge >= 0.3 is 0 Å². The second-order valence-electron chi connectivity index (χ2n) is 5.75. The average molecular weight is 336 g/mol. The number of benzene rings is 2. The smallest absolute Gasteiger partial charge is 0.222 e. The molecular formula is C20H20N2O3. The number of nitrogens with zero attached hydrogens (tertiary/aromatic N) is 1. The maximum absolute atomic E-state index is 12.1. The molecule has 0 atom stereocenters. The summed E-state index contributed by atoms with van der Waals surface area (Å²) >= 11 is 0. The number of rotatable bonds is 7. The second-order valence-corrected chi connectivity index (χ2v) is 5.75. The van der Waals surface area contributed by atoms with Gasteiger partial charge in [0, 0.05) is 30.2 Å². The molecule has 0 fully saturated rings. The van der Waals surface area contributed by atoms with Crippen molar-refractivity contribution in [1.29, 1.82) is 0 Å². The molecular weight excluding hydrogens is 316 g/mol. The zero-order valence-corrected chi connectivity index (χ0v) is 14.1. The van der Waals surface area contributed by atoms with Crippen LogP contribution in [0.15, 0.2) is 60.8 Å². The lowest BCUT2D eigenvalue weighted by Crippen LogP contribution is -2.30. The van der Waals surface area contributed by atoms with Crippen molar-refractivity contribution in [2.75, 3.05) is 13.7 Å². The monoisotopic (exact) mass is 336 g/mol. The number of ether oxygens (including phenoxy) is 1. The van der Waals surface area contributed by atoms with Crippen molar-refractivity contribution in [2.45, 2.75) is 13.0 Å². The molecule has 5 heteroatoms. The van der Waals surface area contributed by atoms with Gasteiger partial charge < -0.3 is 14.6 Å². The lowest BCUT2D eigenvalue weighted by molar-refractivity contribution is -0.121. The van der Waals surface area contributed by atoms with Crippen LogP contribution in [-0.4, -0.2) is 29.9 Å². The van der Waals surface area contributed by atoms with Crippen LogP contribution in [0.2, 0.25) is 0 Å². The molecule has 0 aliphatic rings. The number of aryl methyl sites for hydroxylation is 1. The van der Waals surface area contributed by atoms with E-state index in [1.807, 2.05) is 41.1 Å². The van der Waals surface area contributed by atoms with Crippen LogP contribution < -0.4 is 10.1 Å². The highest BCUT2D eigenvalue weighted by Crippen LogP contribution is 2.15. The van der Waals surface area contributed by atoms with Crippen LogP contribution in [0.25, 0.3) is 10.9 Å². The lowest BCUT2D eigenvalue weighted by Gasteiger charge is -2.07. The summed E-state index contributed by atoms with van der Waals surface area (Å²) in [6, 6.07) is 16.9. The van der Waals surface area contributed by atoms with Gasteiger partial charge in [-0.25, -0.2) is 0 Å². The van der Waals surface area contributed by atoms with E-state index in [-0.39, 0.29) is 18.2 Å². The van der Waals surface area contributed by atoms with E-state index in [2.05, 4.69) is 5.32 Å². The molecule has 0 aliphatic heterocycles. The van der Waals surface area contributed by atoms with E-state index < -0.39 is 0 Å². The molecule has 0 saturated carbocycles. The normalized spacial score (nSPS) is 10.6. The van der Waals surface area contributed by atoms with Crippen LogP contribution >= 0.6 is 0 Å². The first kappa shape index (κ1) is 16.8. The topological polar surface area (TPSA) is 60.3 Å². The minimum absolute atomic E-state index is 0.00239. The van der Waals surface area contributed by atoms with Crippen LogP contribution in [-0.2, 0) is 11.3 Å². The Morgan fingerprint density at radius 3 is 2.56 bits per heavy atom. The molecule has 0 radical (unpaired) electrons. The zero-order valence-electron chi connectivity index (χ0n) is 14.1. The molecule has 1 heterocycles. The summed E-state index contributed by atoms with van der Waals surface area (Å²) in [5.41, 5.74) is 1.65. The summed E-state index contributed by atoms with van der Waals surface area (Å²) in [4.78, 5) is 24.1. The maximum atomic E-state index is 12.1. The minimum Gasteiger partial charge on any atom is -0.497 e. The molecule has 3 rings (SSSR count). The standard InChI is InChI=1S/C20H20N2O3/c1-25-17-8-6-16(7-9-17)19(23)14-21-20(24)11-13-22-12-10-15-4-2-3-5-18(15)22/h2-10,12H,11,13-14H2,1H3,(H,21,24). The summed E-state index contributed by atoms with van der Waals surface area (Å²) in [5, 5.41) is 3.84. The largest absolute Gasteiger partial charge is 0.497 e. The second kappa shape index (κ2) is 7.66. The van der Waals surface area contributed by atoms with Crippen molar-refractivity contribution in [3.63, 3.8) is 0 Å². The molecule has 0 spiro atoms. The Labute approximate surface area is 146 Å². The third-order valence-electron chi connectivity index (χ3n) is 4.12. The average Bonchev–Trinajstić information content (AvgIpc) is 3.07. The van der Waals surface area contributed by atoms with Crippen molar-refractivity contribution in [1.82, 2.24) is 9.88 Å². The minimum atomic E-state index is -0.139. The summed E-state index contributed by atoms with van der Waals surface area (Å²) in [6.45, 7) is 0.577. The molecule has 0 aliphatic carbocycles. The van der Waals surface area contributed by atoms with Crippen molar-refractivity contribution >= 4 is 22.6 Å². The van der Waals surface area contributed by atoms with Crippen molar-refractivity contribution in [3.8, 4) is 5.75 Å². The number of amides is 1. The molecule has 1 aromatic heterocycles. The van der Waals surface area contributed by atoms with E-state index in [9.17, 15) is 9.59 Å². The predicted octanol–water partition coefficient (Wildman–Crippen LogP) is 3.04. The van der Waals surface area contributed by atoms with Crippen molar-refractivity contribution in [3.05, 3.63) is 66.4 Å². The van der Waals surface area contributed by atoms with E-state index in [1.54, 1.807) is 31.4 Å². The Morgan fingerprint density at radius 2 is 1.80 bits per heavy atom. The van der Waals surface area contributed by atoms with E-state index in [0.717, 1.165) is 10.9 Å². The highest BCUT2D eigenvalue weighted by molar-refractivity contribution is 5.99. The number of nitrogens with one attached hydrogen (secondary N) is 1. The molecule has 2 aromatic carbocycles. The molecule has 0 unspecified atom stereocenters. The van der Waals surface area contributed by atoms with E-state index >= 15 is 0 Å². The van der Waals surface area contributed by atoms with Gasteiger partial charge in [-0.2, -0.15) is 0 Å². The van der Waals surface area contributed by atoms with Gasteiger partial charge in [0.15, 0.2) is 5.78 Å². The lowest BCUT2D eigenvalue weighted by atomic mass is 10.1. The van der Waals surface area contributed by atoms with Gasteiger partial charge in [-0.05, 0) is 41.8 Å². The number of hydrogen-bond donors (Lipinski definition) is 1. The SMILES string of the molecule is COc1ccc(C(=O)CNC(=O)CCn2ccc3ccccc32)cc1. The van der Waals surface area contributed by atoms with Gasteiger partial charge in [0.2, 0.25) is 5.91 Å². The Kier molecular flexibility index (Phi) is 5.14. The Bertz CT molecular complexity index is 881. The Balaban J connectivity index is 1.50. The zero-order chi connectivity index (χ0) is 17.6. The molecule has 128 valence electrons. The maximum Gasteiger partial charge on any atom is 0.222 e. The fraction of sp³-hybridized carbons (Fsp3) is 0.200. The first-order chi connectivity index (χ1) is 12.2. The third kappa shape index (κ3) is 4.07. The van der Waals surface area contributed by atoms with Crippen molar-refractivity contribution in [2.24, 2.45) is 0 Å². The number of carbonyl (C=O) groups is 2. The van der Waals surface area contributed by atoms with Gasteiger partial charge in [0.25, 0.3) is 0 Å². The quantitative estimate of drug-likeness (QED) is 0.675. The molecule has 5 nitrogen and oxygen atoms in total. The van der Waals surface area contributed by atoms with E-state index in [4.69, 9.17) is 4.74 Å². The molecule has 1 amide bonds. The van der Waals surface area contributed by atoms with Gasteiger partial charge in [0.1, 0.15) is 5.75 Å². The summed E-state index contributed by atoms with van der Waals surface area (Å²) in [6.07, 6.45) is 2.30. The number of carbonyl (C=O) groups excluding carboxylic acids is 2. The van der Waals surface area contributed by atoms with E-state index in [1.165, 1.54) is 0 Å². The van der Waals surface area contributed by atoms with Gasteiger partial charge in [-0.15, -0.1) is 0 Å². The number of ketones is 1. The number of aromatic nitrogens is 1. The van der Waals surface area contributed by atoms with Gasteiger partial charge in [0.05, 0.1) is 13.7 Å².